The molecule has 0 atom stereocenters. The number of hydrogen-bond acceptors (Lipinski definition) is 2. The molecule has 0 unspecified atom stereocenters. The van der Waals surface area contributed by atoms with Crippen molar-refractivity contribution >= 4 is 11.6 Å². The molecule has 1 amide bonds. The summed E-state index contributed by atoms with van der Waals surface area (Å²) >= 11 is 0. The summed E-state index contributed by atoms with van der Waals surface area (Å²) in [6.07, 6.45) is 8.73. The van der Waals surface area contributed by atoms with Crippen LogP contribution in [0.3, 0.4) is 0 Å². The maximum Gasteiger partial charge on any atom is 0.231 e. The van der Waals surface area contributed by atoms with Crippen LogP contribution >= 0.6 is 0 Å². The van der Waals surface area contributed by atoms with Crippen LogP contribution in [0.4, 0.5) is 5.69 Å². The van der Waals surface area contributed by atoms with Crippen LogP contribution in [-0.2, 0) is 11.2 Å². The highest BCUT2D eigenvalue weighted by molar-refractivity contribution is 5.95. The number of hydrogen-bond donors (Lipinski definition) is 2. The van der Waals surface area contributed by atoms with E-state index in [1.165, 1.54) is 18.4 Å². The zero-order chi connectivity index (χ0) is 15.1. The second-order valence-corrected chi connectivity index (χ2v) is 6.30. The number of carbonyl (C=O) groups excluding carboxylic acids is 1. The summed E-state index contributed by atoms with van der Waals surface area (Å²) in [5.74, 6) is 0.107. The van der Waals surface area contributed by atoms with Crippen LogP contribution in [0.2, 0.25) is 0 Å². The molecule has 1 fully saturated rings. The van der Waals surface area contributed by atoms with Gasteiger partial charge in [0.05, 0.1) is 5.41 Å². The number of benzene rings is 1. The lowest BCUT2D eigenvalue weighted by Gasteiger charge is -2.29. The molecular weight excluding hydrogens is 260 g/mol. The molecular formula is C18H28N2O. The average molecular weight is 288 g/mol. The summed E-state index contributed by atoms with van der Waals surface area (Å²) in [5, 5.41) is 3.08. The van der Waals surface area contributed by atoms with Gasteiger partial charge in [0.25, 0.3) is 0 Å². The fraction of sp³-hybridized carbons (Fsp3) is 0.611. The van der Waals surface area contributed by atoms with E-state index in [4.69, 9.17) is 5.73 Å². The third kappa shape index (κ3) is 4.07. The Morgan fingerprint density at radius 1 is 1.14 bits per heavy atom. The van der Waals surface area contributed by atoms with E-state index in [0.29, 0.717) is 6.54 Å². The summed E-state index contributed by atoms with van der Waals surface area (Å²) in [7, 11) is 0. The van der Waals surface area contributed by atoms with E-state index in [-0.39, 0.29) is 11.3 Å². The molecule has 21 heavy (non-hydrogen) atoms. The molecule has 0 bridgehead atoms. The Labute approximate surface area is 128 Å². The van der Waals surface area contributed by atoms with E-state index in [2.05, 4.69) is 24.4 Å². The molecule has 3 nitrogen and oxygen atoms in total. The Morgan fingerprint density at radius 3 is 2.29 bits per heavy atom. The molecule has 1 aliphatic rings. The number of aryl methyl sites for hydroxylation is 1. The van der Waals surface area contributed by atoms with Gasteiger partial charge in [0.15, 0.2) is 0 Å². The third-order valence-corrected chi connectivity index (χ3v) is 4.68. The molecule has 0 aliphatic heterocycles. The lowest BCUT2D eigenvalue weighted by atomic mass is 9.79. The molecule has 2 rings (SSSR count). The largest absolute Gasteiger partial charge is 0.329 e. The molecule has 3 N–H and O–H groups in total. The Kier molecular flexibility index (Phi) is 5.80. The van der Waals surface area contributed by atoms with Gasteiger partial charge in [-0.05, 0) is 37.0 Å². The Balaban J connectivity index is 2.04. The molecule has 0 radical (unpaired) electrons. The third-order valence-electron chi connectivity index (χ3n) is 4.68. The van der Waals surface area contributed by atoms with E-state index in [9.17, 15) is 4.79 Å². The van der Waals surface area contributed by atoms with E-state index >= 15 is 0 Å². The maximum atomic E-state index is 12.7. The van der Waals surface area contributed by atoms with E-state index in [0.717, 1.165) is 44.2 Å². The minimum Gasteiger partial charge on any atom is -0.329 e. The van der Waals surface area contributed by atoms with Gasteiger partial charge in [-0.3, -0.25) is 4.79 Å². The van der Waals surface area contributed by atoms with E-state index in [1.807, 2.05) is 12.1 Å². The lowest BCUT2D eigenvalue weighted by molar-refractivity contribution is -0.125. The van der Waals surface area contributed by atoms with Gasteiger partial charge in [0.1, 0.15) is 0 Å². The number of amides is 1. The van der Waals surface area contributed by atoms with Gasteiger partial charge in [-0.25, -0.2) is 0 Å². The Hall–Kier alpha value is -1.35. The summed E-state index contributed by atoms with van der Waals surface area (Å²) in [6.45, 7) is 2.62. The first kappa shape index (κ1) is 16.0. The van der Waals surface area contributed by atoms with Crippen molar-refractivity contribution < 1.29 is 4.79 Å². The lowest BCUT2D eigenvalue weighted by Crippen LogP contribution is -2.42. The predicted molar refractivity (Wildman–Crippen MR) is 88.3 cm³/mol. The van der Waals surface area contributed by atoms with Gasteiger partial charge in [-0.15, -0.1) is 0 Å². The molecule has 116 valence electrons. The summed E-state index contributed by atoms with van der Waals surface area (Å²) in [4.78, 5) is 12.7. The molecule has 1 aromatic carbocycles. The first-order chi connectivity index (χ1) is 10.2. The minimum atomic E-state index is -0.363. The molecule has 0 aromatic heterocycles. The van der Waals surface area contributed by atoms with Gasteiger partial charge in [-0.2, -0.15) is 0 Å². The maximum absolute atomic E-state index is 12.7. The summed E-state index contributed by atoms with van der Waals surface area (Å²) in [6, 6.07) is 8.20. The Bertz CT molecular complexity index is 445. The number of anilines is 1. The van der Waals surface area contributed by atoms with Crippen LogP contribution in [0, 0.1) is 5.41 Å². The SMILES string of the molecule is CCCc1ccc(NC(=O)C2(CN)CCCCCC2)cc1. The first-order valence-electron chi connectivity index (χ1n) is 8.31. The van der Waals surface area contributed by atoms with Gasteiger partial charge >= 0.3 is 0 Å². The van der Waals surface area contributed by atoms with Crippen LogP contribution < -0.4 is 11.1 Å². The van der Waals surface area contributed by atoms with E-state index < -0.39 is 0 Å². The van der Waals surface area contributed by atoms with Crippen LogP contribution in [0.1, 0.15) is 57.4 Å². The van der Waals surface area contributed by atoms with Crippen molar-refractivity contribution in [1.82, 2.24) is 0 Å². The normalized spacial score (nSPS) is 18.0. The van der Waals surface area contributed by atoms with Crippen LogP contribution in [-0.4, -0.2) is 12.5 Å². The predicted octanol–water partition coefficient (Wildman–Crippen LogP) is 3.88. The highest BCUT2D eigenvalue weighted by Crippen LogP contribution is 2.35. The molecule has 0 saturated heterocycles. The monoisotopic (exact) mass is 288 g/mol. The summed E-state index contributed by atoms with van der Waals surface area (Å²) in [5.41, 5.74) is 7.81. The quantitative estimate of drug-likeness (QED) is 0.808. The second-order valence-electron chi connectivity index (χ2n) is 6.30. The number of carbonyl (C=O) groups is 1. The number of nitrogens with two attached hydrogens (primary N) is 1. The molecule has 0 heterocycles. The van der Waals surface area contributed by atoms with Gasteiger partial charge < -0.3 is 11.1 Å². The zero-order valence-electron chi connectivity index (χ0n) is 13.2. The van der Waals surface area contributed by atoms with Crippen molar-refractivity contribution in [3.05, 3.63) is 29.8 Å². The molecule has 3 heteroatoms. The second kappa shape index (κ2) is 7.60. The molecule has 1 aromatic rings. The highest BCUT2D eigenvalue weighted by atomic mass is 16.2. The highest BCUT2D eigenvalue weighted by Gasteiger charge is 2.37. The van der Waals surface area contributed by atoms with E-state index in [1.54, 1.807) is 0 Å². The Morgan fingerprint density at radius 2 is 1.76 bits per heavy atom. The summed E-state index contributed by atoms with van der Waals surface area (Å²) < 4.78 is 0. The standard InChI is InChI=1S/C18H28N2O/c1-2-7-15-8-10-16(11-9-15)20-17(21)18(14-19)12-5-3-4-6-13-18/h8-11H,2-7,12-14,19H2,1H3,(H,20,21). The van der Waals surface area contributed by atoms with Gasteiger partial charge in [-0.1, -0.05) is 51.2 Å². The van der Waals surface area contributed by atoms with Crippen molar-refractivity contribution in [2.24, 2.45) is 11.1 Å². The minimum absolute atomic E-state index is 0.107. The fourth-order valence-corrected chi connectivity index (χ4v) is 3.24. The van der Waals surface area contributed by atoms with Gasteiger partial charge in [0.2, 0.25) is 5.91 Å². The van der Waals surface area contributed by atoms with Crippen molar-refractivity contribution in [3.63, 3.8) is 0 Å². The number of rotatable bonds is 5. The van der Waals surface area contributed by atoms with Crippen molar-refractivity contribution in [2.75, 3.05) is 11.9 Å². The van der Waals surface area contributed by atoms with Crippen molar-refractivity contribution in [1.29, 1.82) is 0 Å². The van der Waals surface area contributed by atoms with Crippen LogP contribution in [0.25, 0.3) is 0 Å². The average Bonchev–Trinajstić information content (AvgIpc) is 2.76. The molecule has 0 spiro atoms. The number of nitrogens with one attached hydrogen (secondary N) is 1. The smallest absolute Gasteiger partial charge is 0.231 e. The van der Waals surface area contributed by atoms with Crippen LogP contribution in [0.5, 0.6) is 0 Å². The first-order valence-corrected chi connectivity index (χ1v) is 8.31. The molecule has 1 aliphatic carbocycles. The van der Waals surface area contributed by atoms with Gasteiger partial charge in [0, 0.05) is 12.2 Å². The van der Waals surface area contributed by atoms with Crippen molar-refractivity contribution in [3.8, 4) is 0 Å². The topological polar surface area (TPSA) is 55.1 Å². The zero-order valence-corrected chi connectivity index (χ0v) is 13.2. The van der Waals surface area contributed by atoms with Crippen LogP contribution in [0.15, 0.2) is 24.3 Å². The fourth-order valence-electron chi connectivity index (χ4n) is 3.24. The molecule has 1 saturated carbocycles. The van der Waals surface area contributed by atoms with Crippen molar-refractivity contribution in [2.45, 2.75) is 58.3 Å².